The van der Waals surface area contributed by atoms with E-state index in [0.29, 0.717) is 12.1 Å². The quantitative estimate of drug-likeness (QED) is 0.866. The van der Waals surface area contributed by atoms with Gasteiger partial charge in [-0.3, -0.25) is 0 Å². The topological polar surface area (TPSA) is 41.6 Å². The number of carbonyl (C=O) groups is 1. The van der Waals surface area contributed by atoms with E-state index in [0.717, 1.165) is 31.8 Å². The molecule has 2 aliphatic rings. The van der Waals surface area contributed by atoms with Gasteiger partial charge in [-0.15, -0.1) is 0 Å². The predicted octanol–water partition coefficient (Wildman–Crippen LogP) is 3.55. The third-order valence-corrected chi connectivity index (χ3v) is 4.75. The van der Waals surface area contributed by atoms with Gasteiger partial charge in [-0.2, -0.15) is 0 Å². The summed E-state index contributed by atoms with van der Waals surface area (Å²) in [5.74, 6) is 0.855. The molecule has 1 unspecified atom stereocenters. The van der Waals surface area contributed by atoms with E-state index in [1.807, 2.05) is 25.7 Å². The molecule has 1 atom stereocenters. The zero-order chi connectivity index (χ0) is 15.5. The standard InChI is InChI=1S/C17H32N2O2/c1-13(14-7-5-6-8-14)18-15-9-11-19(12-10-15)16(20)21-17(2,3)4/h13-15,18H,5-12H2,1-4H3. The first kappa shape index (κ1) is 16.6. The Kier molecular flexibility index (Phi) is 5.53. The van der Waals surface area contributed by atoms with Crippen molar-refractivity contribution in [2.75, 3.05) is 13.1 Å². The predicted molar refractivity (Wildman–Crippen MR) is 85.4 cm³/mol. The van der Waals surface area contributed by atoms with Crippen molar-refractivity contribution in [2.24, 2.45) is 5.92 Å². The third kappa shape index (κ3) is 5.17. The lowest BCUT2D eigenvalue weighted by Gasteiger charge is -2.35. The highest BCUT2D eigenvalue weighted by Crippen LogP contribution is 2.28. The fourth-order valence-electron chi connectivity index (χ4n) is 3.52. The SMILES string of the molecule is CC(NC1CCN(C(=O)OC(C)(C)C)CC1)C1CCCC1. The highest BCUT2D eigenvalue weighted by molar-refractivity contribution is 5.68. The second kappa shape index (κ2) is 6.99. The second-order valence-electron chi connectivity index (χ2n) is 7.74. The molecule has 2 fully saturated rings. The molecule has 0 bridgehead atoms. The van der Waals surface area contributed by atoms with Crippen LogP contribution < -0.4 is 5.32 Å². The summed E-state index contributed by atoms with van der Waals surface area (Å²) in [6, 6.07) is 1.17. The van der Waals surface area contributed by atoms with Crippen LogP contribution in [0.4, 0.5) is 4.79 Å². The van der Waals surface area contributed by atoms with Gasteiger partial charge in [0.2, 0.25) is 0 Å². The third-order valence-electron chi connectivity index (χ3n) is 4.75. The molecule has 0 aromatic rings. The Morgan fingerprint density at radius 2 is 1.71 bits per heavy atom. The summed E-state index contributed by atoms with van der Waals surface area (Å²) in [6.45, 7) is 9.71. The molecule has 2 rings (SSSR count). The van der Waals surface area contributed by atoms with Crippen LogP contribution in [0, 0.1) is 5.92 Å². The maximum Gasteiger partial charge on any atom is 0.410 e. The summed E-state index contributed by atoms with van der Waals surface area (Å²) in [5.41, 5.74) is -0.400. The lowest BCUT2D eigenvalue weighted by atomic mass is 9.96. The van der Waals surface area contributed by atoms with Crippen LogP contribution in [0.5, 0.6) is 0 Å². The van der Waals surface area contributed by atoms with E-state index in [1.54, 1.807) is 0 Å². The van der Waals surface area contributed by atoms with E-state index in [4.69, 9.17) is 4.74 Å². The summed E-state index contributed by atoms with van der Waals surface area (Å²) in [4.78, 5) is 13.9. The molecule has 1 aliphatic carbocycles. The van der Waals surface area contributed by atoms with Gasteiger partial charge in [-0.25, -0.2) is 4.79 Å². The van der Waals surface area contributed by atoms with Crippen molar-refractivity contribution in [2.45, 2.75) is 83.9 Å². The molecule has 4 nitrogen and oxygen atoms in total. The Hall–Kier alpha value is -0.770. The number of piperidine rings is 1. The monoisotopic (exact) mass is 296 g/mol. The number of hydrogen-bond acceptors (Lipinski definition) is 3. The van der Waals surface area contributed by atoms with Gasteiger partial charge in [0.1, 0.15) is 5.60 Å². The van der Waals surface area contributed by atoms with Gasteiger partial charge in [0.15, 0.2) is 0 Å². The molecule has 0 radical (unpaired) electrons. The normalized spacial score (nSPS) is 23.3. The molecule has 1 saturated carbocycles. The van der Waals surface area contributed by atoms with E-state index in [-0.39, 0.29) is 6.09 Å². The molecular formula is C17H32N2O2. The highest BCUT2D eigenvalue weighted by atomic mass is 16.6. The fourth-order valence-corrected chi connectivity index (χ4v) is 3.52. The van der Waals surface area contributed by atoms with E-state index in [2.05, 4.69) is 12.2 Å². The Bertz CT molecular complexity index is 337. The molecular weight excluding hydrogens is 264 g/mol. The zero-order valence-electron chi connectivity index (χ0n) is 14.2. The highest BCUT2D eigenvalue weighted by Gasteiger charge is 2.29. The fraction of sp³-hybridized carbons (Fsp3) is 0.941. The summed E-state index contributed by atoms with van der Waals surface area (Å²) < 4.78 is 5.44. The summed E-state index contributed by atoms with van der Waals surface area (Å²) in [7, 11) is 0. The van der Waals surface area contributed by atoms with Crippen LogP contribution in [0.3, 0.4) is 0 Å². The van der Waals surface area contributed by atoms with Gasteiger partial charge < -0.3 is 15.0 Å². The molecule has 21 heavy (non-hydrogen) atoms. The number of ether oxygens (including phenoxy) is 1. The smallest absolute Gasteiger partial charge is 0.410 e. The Morgan fingerprint density at radius 3 is 2.24 bits per heavy atom. The van der Waals surface area contributed by atoms with Gasteiger partial charge in [0.25, 0.3) is 0 Å². The van der Waals surface area contributed by atoms with Crippen LogP contribution in [0.25, 0.3) is 0 Å². The van der Waals surface area contributed by atoms with Gasteiger partial charge in [-0.1, -0.05) is 12.8 Å². The van der Waals surface area contributed by atoms with Crippen molar-refractivity contribution in [1.29, 1.82) is 0 Å². The largest absolute Gasteiger partial charge is 0.444 e. The molecule has 1 heterocycles. The molecule has 0 aromatic heterocycles. The van der Waals surface area contributed by atoms with Crippen molar-refractivity contribution in [3.63, 3.8) is 0 Å². The minimum absolute atomic E-state index is 0.162. The lowest BCUT2D eigenvalue weighted by Crippen LogP contribution is -2.49. The first-order valence-corrected chi connectivity index (χ1v) is 8.59. The summed E-state index contributed by atoms with van der Waals surface area (Å²) in [6.07, 6.45) is 7.47. The minimum atomic E-state index is -0.400. The first-order chi connectivity index (χ1) is 9.85. The lowest BCUT2D eigenvalue weighted by molar-refractivity contribution is 0.0194. The Balaban J connectivity index is 1.71. The molecule has 0 spiro atoms. The van der Waals surface area contributed by atoms with Gasteiger partial charge in [-0.05, 0) is 59.3 Å². The number of nitrogens with zero attached hydrogens (tertiary/aromatic N) is 1. The number of carbonyl (C=O) groups excluding carboxylic acids is 1. The molecule has 1 amide bonds. The number of amides is 1. The number of nitrogens with one attached hydrogen (secondary N) is 1. The minimum Gasteiger partial charge on any atom is -0.444 e. The van der Waals surface area contributed by atoms with Crippen LogP contribution in [-0.4, -0.2) is 41.8 Å². The van der Waals surface area contributed by atoms with E-state index < -0.39 is 5.60 Å². The zero-order valence-corrected chi connectivity index (χ0v) is 14.2. The Labute approximate surface area is 129 Å². The van der Waals surface area contributed by atoms with E-state index in [9.17, 15) is 4.79 Å². The van der Waals surface area contributed by atoms with Crippen LogP contribution in [0.1, 0.15) is 66.2 Å². The first-order valence-electron chi connectivity index (χ1n) is 8.59. The average Bonchev–Trinajstić information content (AvgIpc) is 2.91. The summed E-state index contributed by atoms with van der Waals surface area (Å²) >= 11 is 0. The average molecular weight is 296 g/mol. The maximum absolute atomic E-state index is 12.0. The molecule has 0 aromatic carbocycles. The number of likely N-dealkylation sites (tertiary alicyclic amines) is 1. The summed E-state index contributed by atoms with van der Waals surface area (Å²) in [5, 5.41) is 3.79. The van der Waals surface area contributed by atoms with Gasteiger partial charge in [0, 0.05) is 25.2 Å². The van der Waals surface area contributed by atoms with Crippen LogP contribution >= 0.6 is 0 Å². The van der Waals surface area contributed by atoms with Gasteiger partial charge in [0.05, 0.1) is 0 Å². The molecule has 1 aliphatic heterocycles. The maximum atomic E-state index is 12.0. The van der Waals surface area contributed by atoms with Crippen molar-refractivity contribution in [3.8, 4) is 0 Å². The van der Waals surface area contributed by atoms with Crippen LogP contribution in [-0.2, 0) is 4.74 Å². The van der Waals surface area contributed by atoms with Crippen molar-refractivity contribution in [3.05, 3.63) is 0 Å². The van der Waals surface area contributed by atoms with E-state index >= 15 is 0 Å². The molecule has 122 valence electrons. The van der Waals surface area contributed by atoms with Gasteiger partial charge >= 0.3 is 6.09 Å². The second-order valence-corrected chi connectivity index (χ2v) is 7.74. The van der Waals surface area contributed by atoms with Crippen molar-refractivity contribution < 1.29 is 9.53 Å². The van der Waals surface area contributed by atoms with Crippen LogP contribution in [0.2, 0.25) is 0 Å². The van der Waals surface area contributed by atoms with Crippen molar-refractivity contribution in [1.82, 2.24) is 10.2 Å². The molecule has 4 heteroatoms. The molecule has 1 saturated heterocycles. The van der Waals surface area contributed by atoms with Crippen LogP contribution in [0.15, 0.2) is 0 Å². The number of hydrogen-bond donors (Lipinski definition) is 1. The molecule has 1 N–H and O–H groups in total. The number of rotatable bonds is 3. The van der Waals surface area contributed by atoms with E-state index in [1.165, 1.54) is 25.7 Å². The Morgan fingerprint density at radius 1 is 1.14 bits per heavy atom. The van der Waals surface area contributed by atoms with Crippen molar-refractivity contribution >= 4 is 6.09 Å².